The molecule has 0 saturated heterocycles. The monoisotopic (exact) mass is 387 g/mol. The molecule has 3 nitrogen and oxygen atoms in total. The Bertz CT molecular complexity index is 744. The van der Waals surface area contributed by atoms with Crippen molar-refractivity contribution in [2.24, 2.45) is 0 Å². The fourth-order valence-electron chi connectivity index (χ4n) is 3.33. The van der Waals surface area contributed by atoms with E-state index in [0.717, 1.165) is 35.5 Å². The first kappa shape index (κ1) is 17.1. The van der Waals surface area contributed by atoms with Crippen molar-refractivity contribution in [3.05, 3.63) is 70.2 Å². The summed E-state index contributed by atoms with van der Waals surface area (Å²) in [6.07, 6.45) is 3.01. The SMILES string of the molecule is C=CC1c2cc(OC)c(OC)cc2CCN1Cc1ccccc1Br. The predicted molar refractivity (Wildman–Crippen MR) is 101 cm³/mol. The highest BCUT2D eigenvalue weighted by Gasteiger charge is 2.27. The molecule has 0 amide bonds. The average molecular weight is 388 g/mol. The summed E-state index contributed by atoms with van der Waals surface area (Å²) >= 11 is 3.65. The second kappa shape index (κ2) is 7.41. The normalized spacial score (nSPS) is 17.2. The second-order valence-corrected chi connectivity index (χ2v) is 6.75. The summed E-state index contributed by atoms with van der Waals surface area (Å²) in [6.45, 7) is 5.94. The van der Waals surface area contributed by atoms with E-state index in [0.29, 0.717) is 0 Å². The van der Waals surface area contributed by atoms with Crippen molar-refractivity contribution in [3.63, 3.8) is 0 Å². The summed E-state index contributed by atoms with van der Waals surface area (Å²) in [5.74, 6) is 1.56. The first-order chi connectivity index (χ1) is 11.7. The van der Waals surface area contributed by atoms with E-state index in [-0.39, 0.29) is 6.04 Å². The minimum Gasteiger partial charge on any atom is -0.493 e. The zero-order valence-electron chi connectivity index (χ0n) is 14.1. The largest absolute Gasteiger partial charge is 0.493 e. The van der Waals surface area contributed by atoms with Crippen LogP contribution in [0.5, 0.6) is 11.5 Å². The lowest BCUT2D eigenvalue weighted by atomic mass is 9.91. The quantitative estimate of drug-likeness (QED) is 0.690. The number of nitrogens with zero attached hydrogens (tertiary/aromatic N) is 1. The van der Waals surface area contributed by atoms with Crippen molar-refractivity contribution in [3.8, 4) is 11.5 Å². The number of rotatable bonds is 5. The van der Waals surface area contributed by atoms with Crippen molar-refractivity contribution in [1.29, 1.82) is 0 Å². The van der Waals surface area contributed by atoms with E-state index >= 15 is 0 Å². The molecular weight excluding hydrogens is 366 g/mol. The standard InChI is InChI=1S/C20H22BrNO2/c1-4-18-16-12-20(24-3)19(23-2)11-14(16)9-10-22(18)13-15-7-5-6-8-17(15)21/h4-8,11-12,18H,1,9-10,13H2,2-3H3. The van der Waals surface area contributed by atoms with Gasteiger partial charge in [0, 0.05) is 17.6 Å². The average Bonchev–Trinajstić information content (AvgIpc) is 2.62. The van der Waals surface area contributed by atoms with Gasteiger partial charge in [0.15, 0.2) is 11.5 Å². The lowest BCUT2D eigenvalue weighted by molar-refractivity contribution is 0.209. The van der Waals surface area contributed by atoms with Gasteiger partial charge in [-0.3, -0.25) is 4.90 Å². The first-order valence-electron chi connectivity index (χ1n) is 8.02. The van der Waals surface area contributed by atoms with Gasteiger partial charge in [-0.05, 0) is 41.3 Å². The summed E-state index contributed by atoms with van der Waals surface area (Å²) in [7, 11) is 3.35. The van der Waals surface area contributed by atoms with Crippen LogP contribution in [0.3, 0.4) is 0 Å². The van der Waals surface area contributed by atoms with Crippen LogP contribution in [-0.4, -0.2) is 25.7 Å². The Kier molecular flexibility index (Phi) is 5.27. The molecule has 1 heterocycles. The van der Waals surface area contributed by atoms with Crippen molar-refractivity contribution in [2.75, 3.05) is 20.8 Å². The van der Waals surface area contributed by atoms with Gasteiger partial charge in [0.1, 0.15) is 0 Å². The molecule has 0 saturated carbocycles. The second-order valence-electron chi connectivity index (χ2n) is 5.90. The number of hydrogen-bond acceptors (Lipinski definition) is 3. The van der Waals surface area contributed by atoms with Crippen LogP contribution in [-0.2, 0) is 13.0 Å². The number of fused-ring (bicyclic) bond motifs is 1. The van der Waals surface area contributed by atoms with Crippen LogP contribution in [0, 0.1) is 0 Å². The third-order valence-electron chi connectivity index (χ3n) is 4.58. The molecule has 1 atom stereocenters. The molecule has 0 aromatic heterocycles. The highest BCUT2D eigenvalue weighted by Crippen LogP contribution is 2.39. The van der Waals surface area contributed by atoms with E-state index in [4.69, 9.17) is 9.47 Å². The van der Waals surface area contributed by atoms with Gasteiger partial charge in [-0.15, -0.1) is 6.58 Å². The molecule has 24 heavy (non-hydrogen) atoms. The lowest BCUT2D eigenvalue weighted by Gasteiger charge is -2.36. The van der Waals surface area contributed by atoms with Gasteiger partial charge in [-0.25, -0.2) is 0 Å². The van der Waals surface area contributed by atoms with Crippen LogP contribution in [0.4, 0.5) is 0 Å². The summed E-state index contributed by atoms with van der Waals surface area (Å²) in [6, 6.07) is 12.7. The first-order valence-corrected chi connectivity index (χ1v) is 8.82. The van der Waals surface area contributed by atoms with Gasteiger partial charge in [0.2, 0.25) is 0 Å². The Labute approximate surface area is 152 Å². The topological polar surface area (TPSA) is 21.7 Å². The van der Waals surface area contributed by atoms with Crippen molar-refractivity contribution < 1.29 is 9.47 Å². The van der Waals surface area contributed by atoms with Crippen LogP contribution >= 0.6 is 15.9 Å². The van der Waals surface area contributed by atoms with E-state index in [1.165, 1.54) is 16.7 Å². The third-order valence-corrected chi connectivity index (χ3v) is 5.35. The van der Waals surface area contributed by atoms with Crippen LogP contribution in [0.25, 0.3) is 0 Å². The molecule has 0 spiro atoms. The Morgan fingerprint density at radius 3 is 2.58 bits per heavy atom. The van der Waals surface area contributed by atoms with Gasteiger partial charge in [-0.2, -0.15) is 0 Å². The number of benzene rings is 2. The summed E-state index contributed by atoms with van der Waals surface area (Å²) in [5.41, 5.74) is 3.84. The lowest BCUT2D eigenvalue weighted by Crippen LogP contribution is -2.34. The van der Waals surface area contributed by atoms with Gasteiger partial charge < -0.3 is 9.47 Å². The highest BCUT2D eigenvalue weighted by atomic mass is 79.9. The maximum absolute atomic E-state index is 5.48. The van der Waals surface area contributed by atoms with Crippen LogP contribution in [0.2, 0.25) is 0 Å². The fourth-order valence-corrected chi connectivity index (χ4v) is 3.74. The maximum atomic E-state index is 5.48. The van der Waals surface area contributed by atoms with E-state index < -0.39 is 0 Å². The molecule has 0 N–H and O–H groups in total. The van der Waals surface area contributed by atoms with E-state index in [2.05, 4.69) is 57.7 Å². The molecule has 4 heteroatoms. The van der Waals surface area contributed by atoms with Gasteiger partial charge in [0.25, 0.3) is 0 Å². The third kappa shape index (κ3) is 3.21. The molecule has 1 aliphatic heterocycles. The number of hydrogen-bond donors (Lipinski definition) is 0. The molecule has 1 aliphatic rings. The minimum atomic E-state index is 0.167. The summed E-state index contributed by atoms with van der Waals surface area (Å²) < 4.78 is 12.1. The Morgan fingerprint density at radius 1 is 1.21 bits per heavy atom. The zero-order valence-corrected chi connectivity index (χ0v) is 15.7. The van der Waals surface area contributed by atoms with Crippen LogP contribution in [0.15, 0.2) is 53.5 Å². The number of halogens is 1. The molecule has 1 unspecified atom stereocenters. The van der Waals surface area contributed by atoms with Gasteiger partial charge in [0.05, 0.1) is 20.3 Å². The van der Waals surface area contributed by atoms with E-state index in [9.17, 15) is 0 Å². The predicted octanol–water partition coefficient (Wildman–Crippen LogP) is 4.75. The van der Waals surface area contributed by atoms with Crippen molar-refractivity contribution >= 4 is 15.9 Å². The molecule has 0 aliphatic carbocycles. The molecule has 2 aromatic carbocycles. The molecule has 0 radical (unpaired) electrons. The van der Waals surface area contributed by atoms with Crippen molar-refractivity contribution in [2.45, 2.75) is 19.0 Å². The zero-order chi connectivity index (χ0) is 17.1. The minimum absolute atomic E-state index is 0.167. The summed E-state index contributed by atoms with van der Waals surface area (Å²) in [5, 5.41) is 0. The van der Waals surface area contributed by atoms with Crippen molar-refractivity contribution in [1.82, 2.24) is 4.90 Å². The van der Waals surface area contributed by atoms with E-state index in [1.807, 2.05) is 12.1 Å². The van der Waals surface area contributed by atoms with Crippen LogP contribution < -0.4 is 9.47 Å². The summed E-state index contributed by atoms with van der Waals surface area (Å²) in [4.78, 5) is 2.45. The maximum Gasteiger partial charge on any atom is 0.161 e. The molecule has 3 rings (SSSR count). The smallest absolute Gasteiger partial charge is 0.161 e. The fraction of sp³-hybridized carbons (Fsp3) is 0.300. The van der Waals surface area contributed by atoms with Gasteiger partial charge >= 0.3 is 0 Å². The molecular formula is C20H22BrNO2. The molecule has 126 valence electrons. The number of ether oxygens (including phenoxy) is 2. The van der Waals surface area contributed by atoms with Gasteiger partial charge in [-0.1, -0.05) is 40.2 Å². The Hall–Kier alpha value is -1.78. The van der Waals surface area contributed by atoms with Crippen LogP contribution in [0.1, 0.15) is 22.7 Å². The molecule has 0 bridgehead atoms. The Balaban J connectivity index is 1.94. The Morgan fingerprint density at radius 2 is 1.92 bits per heavy atom. The molecule has 0 fully saturated rings. The van der Waals surface area contributed by atoms with E-state index in [1.54, 1.807) is 14.2 Å². The molecule has 2 aromatic rings. The number of methoxy groups -OCH3 is 2. The highest BCUT2D eigenvalue weighted by molar-refractivity contribution is 9.10.